The third-order valence-electron chi connectivity index (χ3n) is 3.55. The number of hydrogen-bond acceptors (Lipinski definition) is 4. The van der Waals surface area contributed by atoms with Crippen molar-refractivity contribution in [3.05, 3.63) is 46.3 Å². The number of rotatable bonds is 0. The summed E-state index contributed by atoms with van der Waals surface area (Å²) in [6, 6.07) is 0. The molecule has 3 aliphatic rings. The van der Waals surface area contributed by atoms with Crippen LogP contribution < -0.4 is 0 Å². The van der Waals surface area contributed by atoms with Crippen LogP contribution in [0.5, 0.6) is 0 Å². The zero-order valence-electron chi connectivity index (χ0n) is 10.9. The predicted octanol–water partition coefficient (Wildman–Crippen LogP) is 2.34. The summed E-state index contributed by atoms with van der Waals surface area (Å²) in [5, 5.41) is 0. The van der Waals surface area contributed by atoms with Gasteiger partial charge in [0.05, 0.1) is 0 Å². The van der Waals surface area contributed by atoms with Crippen LogP contribution in [0.3, 0.4) is 0 Å². The van der Waals surface area contributed by atoms with Crippen LogP contribution in [0.2, 0.25) is 0 Å². The Balaban J connectivity index is 2.14. The molecule has 0 aromatic heterocycles. The second-order valence-electron chi connectivity index (χ2n) is 4.94. The van der Waals surface area contributed by atoms with Gasteiger partial charge in [-0.05, 0) is 38.8 Å². The van der Waals surface area contributed by atoms with Crippen LogP contribution in [0.4, 0.5) is 0 Å². The monoisotopic (exact) mass is 258 g/mol. The highest BCUT2D eigenvalue weighted by Crippen LogP contribution is 2.35. The van der Waals surface area contributed by atoms with E-state index in [1.165, 1.54) is 0 Å². The lowest BCUT2D eigenvalue weighted by atomic mass is 9.99. The van der Waals surface area contributed by atoms with E-state index in [0.717, 1.165) is 12.0 Å². The van der Waals surface area contributed by atoms with Crippen LogP contribution in [0.1, 0.15) is 26.7 Å². The van der Waals surface area contributed by atoms with Crippen LogP contribution in [-0.4, -0.2) is 18.0 Å². The topological polar surface area (TPSA) is 52.6 Å². The Kier molecular flexibility index (Phi) is 2.66. The van der Waals surface area contributed by atoms with Gasteiger partial charge in [0.1, 0.15) is 5.76 Å². The number of hydrogen-bond donors (Lipinski definition) is 0. The maximum atomic E-state index is 11.8. The van der Waals surface area contributed by atoms with Crippen LogP contribution >= 0.6 is 0 Å². The van der Waals surface area contributed by atoms with Gasteiger partial charge in [-0.3, -0.25) is 0 Å². The normalized spacial score (nSPS) is 26.2. The highest BCUT2D eigenvalue weighted by molar-refractivity contribution is 5.96. The van der Waals surface area contributed by atoms with E-state index >= 15 is 0 Å². The molecule has 2 heterocycles. The Morgan fingerprint density at radius 1 is 1.21 bits per heavy atom. The molecule has 3 rings (SSSR count). The van der Waals surface area contributed by atoms with Gasteiger partial charge < -0.3 is 9.47 Å². The first-order valence-electron chi connectivity index (χ1n) is 6.29. The summed E-state index contributed by atoms with van der Waals surface area (Å²) < 4.78 is 10.6. The quantitative estimate of drug-likeness (QED) is 0.626. The molecular formula is C15H14O4. The van der Waals surface area contributed by atoms with E-state index in [1.54, 1.807) is 13.0 Å². The third kappa shape index (κ3) is 1.93. The summed E-state index contributed by atoms with van der Waals surface area (Å²) in [4.78, 5) is 23.5. The first-order valence-corrected chi connectivity index (χ1v) is 6.29. The molecule has 1 atom stereocenters. The largest absolute Gasteiger partial charge is 0.450 e. The fraction of sp³-hybridized carbons (Fsp3) is 0.333. The van der Waals surface area contributed by atoms with Crippen molar-refractivity contribution < 1.29 is 19.1 Å². The lowest BCUT2D eigenvalue weighted by Gasteiger charge is -2.11. The first kappa shape index (κ1) is 12.0. The Morgan fingerprint density at radius 2 is 2.00 bits per heavy atom. The Labute approximate surface area is 111 Å². The second kappa shape index (κ2) is 4.23. The summed E-state index contributed by atoms with van der Waals surface area (Å²) in [5.41, 5.74) is 2.87. The molecule has 19 heavy (non-hydrogen) atoms. The maximum Gasteiger partial charge on any atom is 0.339 e. The van der Waals surface area contributed by atoms with Crippen LogP contribution in [0.15, 0.2) is 46.3 Å². The van der Waals surface area contributed by atoms with Crippen LogP contribution in [-0.2, 0) is 19.1 Å². The van der Waals surface area contributed by atoms with Crippen molar-refractivity contribution >= 4 is 11.9 Å². The van der Waals surface area contributed by atoms with Gasteiger partial charge >= 0.3 is 11.9 Å². The van der Waals surface area contributed by atoms with Gasteiger partial charge in [0.25, 0.3) is 0 Å². The molecule has 4 nitrogen and oxygen atoms in total. The zero-order chi connectivity index (χ0) is 13.6. The predicted molar refractivity (Wildman–Crippen MR) is 67.8 cm³/mol. The third-order valence-corrected chi connectivity index (χ3v) is 3.55. The molecule has 0 saturated carbocycles. The van der Waals surface area contributed by atoms with Crippen molar-refractivity contribution in [1.29, 1.82) is 0 Å². The summed E-state index contributed by atoms with van der Waals surface area (Å²) >= 11 is 0. The zero-order valence-corrected chi connectivity index (χ0v) is 10.9. The molecule has 0 radical (unpaired) electrons. The molecule has 0 spiro atoms. The molecule has 4 heteroatoms. The van der Waals surface area contributed by atoms with E-state index in [2.05, 4.69) is 0 Å². The molecule has 2 bridgehead atoms. The van der Waals surface area contributed by atoms with Crippen molar-refractivity contribution in [2.45, 2.75) is 32.8 Å². The second-order valence-corrected chi connectivity index (χ2v) is 4.94. The van der Waals surface area contributed by atoms with E-state index in [4.69, 9.17) is 9.47 Å². The van der Waals surface area contributed by atoms with Gasteiger partial charge in [0, 0.05) is 16.7 Å². The van der Waals surface area contributed by atoms with Crippen molar-refractivity contribution in [1.82, 2.24) is 0 Å². The lowest BCUT2D eigenvalue weighted by molar-refractivity contribution is -0.138. The van der Waals surface area contributed by atoms with E-state index in [0.29, 0.717) is 28.9 Å². The molecule has 0 amide bonds. The van der Waals surface area contributed by atoms with Gasteiger partial charge in [-0.25, -0.2) is 9.59 Å². The number of allylic oxidation sites excluding steroid dienone is 3. The fourth-order valence-corrected chi connectivity index (χ4v) is 2.51. The summed E-state index contributed by atoms with van der Waals surface area (Å²) in [5.74, 6) is -0.170. The molecule has 1 aliphatic carbocycles. The minimum atomic E-state index is -0.494. The number of esters is 2. The molecule has 0 aromatic rings. The van der Waals surface area contributed by atoms with Crippen molar-refractivity contribution in [3.8, 4) is 0 Å². The maximum absolute atomic E-state index is 11.8. The van der Waals surface area contributed by atoms with Crippen LogP contribution in [0, 0.1) is 0 Å². The lowest BCUT2D eigenvalue weighted by Crippen LogP contribution is -2.12. The molecule has 98 valence electrons. The minimum absolute atomic E-state index is 0.294. The average molecular weight is 258 g/mol. The van der Waals surface area contributed by atoms with Gasteiger partial charge in [0.2, 0.25) is 0 Å². The van der Waals surface area contributed by atoms with Gasteiger partial charge in [-0.1, -0.05) is 11.6 Å². The Hall–Kier alpha value is -2.10. The Bertz CT molecular complexity index is 602. The SMILES string of the molecule is CC1=CCCC2=C[C@@H](OC2=O)C2=C(C)C(=O)OC2=C1. The standard InChI is InChI=1S/C15H14O4/c1-8-4-3-5-10-7-12(19-15(10)17)13-9(2)14(16)18-11(13)6-8/h4,6-7,12H,3,5H2,1-2H3/t12-/m1/s1. The highest BCUT2D eigenvalue weighted by Gasteiger charge is 2.37. The number of carbonyl (C=O) groups is 2. The van der Waals surface area contributed by atoms with Gasteiger partial charge in [0.15, 0.2) is 6.10 Å². The highest BCUT2D eigenvalue weighted by atomic mass is 16.6. The molecule has 0 fully saturated rings. The van der Waals surface area contributed by atoms with E-state index < -0.39 is 6.10 Å². The number of carbonyl (C=O) groups excluding carboxylic acids is 2. The molecule has 0 aromatic carbocycles. The van der Waals surface area contributed by atoms with Crippen molar-refractivity contribution in [2.75, 3.05) is 0 Å². The first-order chi connectivity index (χ1) is 9.06. The van der Waals surface area contributed by atoms with E-state index in [1.807, 2.05) is 19.1 Å². The summed E-state index contributed by atoms with van der Waals surface area (Å²) in [6.45, 7) is 3.65. The van der Waals surface area contributed by atoms with Gasteiger partial charge in [-0.2, -0.15) is 0 Å². The molecule has 0 unspecified atom stereocenters. The molecule has 0 saturated heterocycles. The van der Waals surface area contributed by atoms with E-state index in [-0.39, 0.29) is 11.9 Å². The number of ether oxygens (including phenoxy) is 2. The molecular weight excluding hydrogens is 244 g/mol. The molecule has 0 N–H and O–H groups in total. The average Bonchev–Trinajstić information content (AvgIpc) is 2.81. The smallest absolute Gasteiger partial charge is 0.339 e. The summed E-state index contributed by atoms with van der Waals surface area (Å²) in [6.07, 6.45) is 6.59. The summed E-state index contributed by atoms with van der Waals surface area (Å²) in [7, 11) is 0. The Morgan fingerprint density at radius 3 is 2.79 bits per heavy atom. The minimum Gasteiger partial charge on any atom is -0.450 e. The fourth-order valence-electron chi connectivity index (χ4n) is 2.51. The van der Waals surface area contributed by atoms with Crippen molar-refractivity contribution in [3.63, 3.8) is 0 Å². The number of fused-ring (bicyclic) bond motifs is 3. The van der Waals surface area contributed by atoms with Gasteiger partial charge in [-0.15, -0.1) is 0 Å². The van der Waals surface area contributed by atoms with Crippen molar-refractivity contribution in [2.24, 2.45) is 0 Å². The van der Waals surface area contributed by atoms with Crippen LogP contribution in [0.25, 0.3) is 0 Å². The van der Waals surface area contributed by atoms with E-state index in [9.17, 15) is 9.59 Å². The molecule has 2 aliphatic heterocycles.